The normalized spacial score (nSPS) is 14.7. The van der Waals surface area contributed by atoms with E-state index in [4.69, 9.17) is 0 Å². The lowest BCUT2D eigenvalue weighted by atomic mass is 9.96. The summed E-state index contributed by atoms with van der Waals surface area (Å²) in [6, 6.07) is 16.8. The lowest BCUT2D eigenvalue weighted by Gasteiger charge is -2.34. The van der Waals surface area contributed by atoms with E-state index in [0.29, 0.717) is 17.9 Å². The van der Waals surface area contributed by atoms with Gasteiger partial charge in [-0.1, -0.05) is 37.3 Å². The maximum absolute atomic E-state index is 13.0. The minimum atomic E-state index is -1.04. The largest absolute Gasteiger partial charge is 0.480 e. The van der Waals surface area contributed by atoms with Gasteiger partial charge in [-0.25, -0.2) is 9.78 Å². The number of carbonyl (C=O) groups excluding carboxylic acids is 1. The van der Waals surface area contributed by atoms with E-state index >= 15 is 0 Å². The molecule has 3 N–H and O–H groups in total. The van der Waals surface area contributed by atoms with Crippen LogP contribution in [0.2, 0.25) is 0 Å². The average Bonchev–Trinajstić information content (AvgIpc) is 2.92. The van der Waals surface area contributed by atoms with Gasteiger partial charge in [-0.3, -0.25) is 4.79 Å². The summed E-state index contributed by atoms with van der Waals surface area (Å²) >= 11 is 0. The lowest BCUT2D eigenvalue weighted by molar-refractivity contribution is -0.139. The molecule has 1 fully saturated rings. The number of anilines is 2. The van der Waals surface area contributed by atoms with E-state index in [0.717, 1.165) is 60.7 Å². The van der Waals surface area contributed by atoms with Gasteiger partial charge < -0.3 is 20.6 Å². The molecule has 2 heterocycles. The molecule has 1 amide bonds. The van der Waals surface area contributed by atoms with Gasteiger partial charge >= 0.3 is 5.97 Å². The number of rotatable bonds is 10. The standard InChI is InChI=1S/C31H38N4O3/c1-4-25-7-5-6-22(3)29(25)30(36)34-27(31(37)38)19-23-8-10-26(11-9-23)35-16-13-24(14-17-35)20-33-28-18-21(2)12-15-32-28/h5-12,15,18,24,27H,4,13-14,16-17,19-20H2,1-3H3,(H,32,33)(H,34,36)(H,37,38). The van der Waals surface area contributed by atoms with Crippen molar-refractivity contribution in [3.05, 3.63) is 88.6 Å². The van der Waals surface area contributed by atoms with Crippen LogP contribution in [0.1, 0.15) is 52.4 Å². The van der Waals surface area contributed by atoms with Crippen LogP contribution in [-0.4, -0.2) is 47.6 Å². The number of nitrogens with one attached hydrogen (secondary N) is 2. The molecule has 0 saturated carbocycles. The lowest BCUT2D eigenvalue weighted by Crippen LogP contribution is -2.42. The van der Waals surface area contributed by atoms with Crippen molar-refractivity contribution < 1.29 is 14.7 Å². The van der Waals surface area contributed by atoms with Gasteiger partial charge in [0, 0.05) is 43.5 Å². The fourth-order valence-corrected chi connectivity index (χ4v) is 5.13. The Morgan fingerprint density at radius 2 is 1.82 bits per heavy atom. The summed E-state index contributed by atoms with van der Waals surface area (Å²) in [6.45, 7) is 8.83. The molecule has 1 unspecified atom stereocenters. The summed E-state index contributed by atoms with van der Waals surface area (Å²) in [7, 11) is 0. The highest BCUT2D eigenvalue weighted by Gasteiger charge is 2.24. The van der Waals surface area contributed by atoms with Crippen molar-refractivity contribution in [1.29, 1.82) is 0 Å². The summed E-state index contributed by atoms with van der Waals surface area (Å²) in [5.41, 5.74) is 5.57. The maximum Gasteiger partial charge on any atom is 0.326 e. The monoisotopic (exact) mass is 514 g/mol. The molecule has 1 saturated heterocycles. The number of aromatic nitrogens is 1. The average molecular weight is 515 g/mol. The molecule has 200 valence electrons. The zero-order valence-electron chi connectivity index (χ0n) is 22.5. The summed E-state index contributed by atoms with van der Waals surface area (Å²) in [5.74, 6) is 0.169. The zero-order chi connectivity index (χ0) is 27.1. The molecule has 0 bridgehead atoms. The molecule has 0 radical (unpaired) electrons. The van der Waals surface area contributed by atoms with Gasteiger partial charge in [0.05, 0.1) is 0 Å². The van der Waals surface area contributed by atoms with Crippen molar-refractivity contribution >= 4 is 23.4 Å². The van der Waals surface area contributed by atoms with Crippen LogP contribution in [0.5, 0.6) is 0 Å². The third-order valence-electron chi connectivity index (χ3n) is 7.41. The smallest absolute Gasteiger partial charge is 0.326 e. The second-order valence-corrected chi connectivity index (χ2v) is 10.2. The topological polar surface area (TPSA) is 94.6 Å². The molecule has 1 aliphatic rings. The number of carboxylic acid groups (broad SMARTS) is 1. The number of hydrogen-bond acceptors (Lipinski definition) is 5. The minimum absolute atomic E-state index is 0.232. The number of benzene rings is 2. The third-order valence-corrected chi connectivity index (χ3v) is 7.41. The number of carbonyl (C=O) groups is 2. The van der Waals surface area contributed by atoms with Crippen molar-refractivity contribution in [3.8, 4) is 0 Å². The first-order valence-electron chi connectivity index (χ1n) is 13.5. The number of aryl methyl sites for hydroxylation is 3. The van der Waals surface area contributed by atoms with E-state index in [9.17, 15) is 14.7 Å². The Morgan fingerprint density at radius 1 is 1.08 bits per heavy atom. The molecule has 7 heteroatoms. The SMILES string of the molecule is CCc1cccc(C)c1C(=O)NC(Cc1ccc(N2CCC(CNc3cc(C)ccn3)CC2)cc1)C(=O)O. The first kappa shape index (κ1) is 27.2. The number of hydrogen-bond donors (Lipinski definition) is 3. The number of carboxylic acids is 1. The molecule has 2 aromatic carbocycles. The van der Waals surface area contributed by atoms with Crippen molar-refractivity contribution in [2.24, 2.45) is 5.92 Å². The van der Waals surface area contributed by atoms with Crippen LogP contribution in [0.25, 0.3) is 0 Å². The molecule has 0 spiro atoms. The third kappa shape index (κ3) is 6.91. The van der Waals surface area contributed by atoms with Crippen LogP contribution in [0.15, 0.2) is 60.8 Å². The fraction of sp³-hybridized carbons (Fsp3) is 0.387. The molecule has 0 aliphatic carbocycles. The van der Waals surface area contributed by atoms with Crippen LogP contribution in [0.3, 0.4) is 0 Å². The van der Waals surface area contributed by atoms with Gasteiger partial charge in [0.1, 0.15) is 11.9 Å². The Hall–Kier alpha value is -3.87. The summed E-state index contributed by atoms with van der Waals surface area (Å²) in [4.78, 5) is 31.7. The number of amides is 1. The zero-order valence-corrected chi connectivity index (χ0v) is 22.5. The van der Waals surface area contributed by atoms with Crippen molar-refractivity contribution in [2.75, 3.05) is 29.9 Å². The Kier molecular flexibility index (Phi) is 9.00. The number of piperidine rings is 1. The summed E-state index contributed by atoms with van der Waals surface area (Å²) < 4.78 is 0. The molecule has 7 nitrogen and oxygen atoms in total. The first-order chi connectivity index (χ1) is 18.3. The van der Waals surface area contributed by atoms with Gasteiger partial charge in [0.15, 0.2) is 0 Å². The molecule has 1 atom stereocenters. The predicted molar refractivity (Wildman–Crippen MR) is 152 cm³/mol. The molecule has 3 aromatic rings. The molecule has 4 rings (SSSR count). The Labute approximate surface area is 225 Å². The number of nitrogens with zero attached hydrogens (tertiary/aromatic N) is 2. The second kappa shape index (κ2) is 12.6. The highest BCUT2D eigenvalue weighted by atomic mass is 16.4. The minimum Gasteiger partial charge on any atom is -0.480 e. The van der Waals surface area contributed by atoms with E-state index in [2.05, 4.69) is 45.6 Å². The van der Waals surface area contributed by atoms with Gasteiger partial charge in [0.2, 0.25) is 0 Å². The quantitative estimate of drug-likeness (QED) is 0.352. The van der Waals surface area contributed by atoms with Crippen LogP contribution < -0.4 is 15.5 Å². The maximum atomic E-state index is 13.0. The van der Waals surface area contributed by atoms with Crippen molar-refractivity contribution in [2.45, 2.75) is 52.5 Å². The van der Waals surface area contributed by atoms with Crippen molar-refractivity contribution in [3.63, 3.8) is 0 Å². The van der Waals surface area contributed by atoms with Gasteiger partial charge in [-0.15, -0.1) is 0 Å². The van der Waals surface area contributed by atoms with Gasteiger partial charge in [-0.05, 0) is 85.5 Å². The van der Waals surface area contributed by atoms with Crippen LogP contribution in [0, 0.1) is 19.8 Å². The van der Waals surface area contributed by atoms with Crippen LogP contribution in [-0.2, 0) is 17.6 Å². The number of pyridine rings is 1. The van der Waals surface area contributed by atoms with Crippen LogP contribution in [0.4, 0.5) is 11.5 Å². The van der Waals surface area contributed by atoms with E-state index in [-0.39, 0.29) is 12.3 Å². The Morgan fingerprint density at radius 3 is 2.47 bits per heavy atom. The molecular formula is C31H38N4O3. The van der Waals surface area contributed by atoms with E-state index in [1.54, 1.807) is 0 Å². The van der Waals surface area contributed by atoms with Gasteiger partial charge in [0.25, 0.3) is 5.91 Å². The Balaban J connectivity index is 1.31. The highest BCUT2D eigenvalue weighted by Crippen LogP contribution is 2.24. The van der Waals surface area contributed by atoms with Crippen molar-refractivity contribution in [1.82, 2.24) is 10.3 Å². The highest BCUT2D eigenvalue weighted by molar-refractivity contribution is 5.99. The molecular weight excluding hydrogens is 476 g/mol. The predicted octanol–water partition coefficient (Wildman–Crippen LogP) is 5.02. The van der Waals surface area contributed by atoms with E-state index in [1.807, 2.05) is 56.4 Å². The molecule has 1 aliphatic heterocycles. The molecule has 38 heavy (non-hydrogen) atoms. The second-order valence-electron chi connectivity index (χ2n) is 10.2. The van der Waals surface area contributed by atoms with E-state index < -0.39 is 12.0 Å². The number of aliphatic carboxylic acids is 1. The summed E-state index contributed by atoms with van der Waals surface area (Å²) in [6.07, 6.45) is 4.98. The summed E-state index contributed by atoms with van der Waals surface area (Å²) in [5, 5.41) is 16.0. The van der Waals surface area contributed by atoms with E-state index in [1.165, 1.54) is 5.56 Å². The Bertz CT molecular complexity index is 1250. The van der Waals surface area contributed by atoms with Crippen LogP contribution >= 0.6 is 0 Å². The fourth-order valence-electron chi connectivity index (χ4n) is 5.13. The first-order valence-corrected chi connectivity index (χ1v) is 13.5. The van der Waals surface area contributed by atoms with Gasteiger partial charge in [-0.2, -0.15) is 0 Å². The molecule has 1 aromatic heterocycles.